The van der Waals surface area contributed by atoms with Crippen LogP contribution < -0.4 is 4.90 Å². The van der Waals surface area contributed by atoms with E-state index >= 15 is 0 Å². The summed E-state index contributed by atoms with van der Waals surface area (Å²) in [5, 5.41) is 9.70. The van der Waals surface area contributed by atoms with Crippen molar-refractivity contribution in [1.82, 2.24) is 0 Å². The van der Waals surface area contributed by atoms with Gasteiger partial charge in [0, 0.05) is 33.2 Å². The highest BCUT2D eigenvalue weighted by atomic mass is 16.3. The van der Waals surface area contributed by atoms with Gasteiger partial charge in [-0.2, -0.15) is 0 Å². The molecule has 1 heterocycles. The summed E-state index contributed by atoms with van der Waals surface area (Å²) >= 11 is 0. The van der Waals surface area contributed by atoms with Crippen LogP contribution in [0.2, 0.25) is 0 Å². The van der Waals surface area contributed by atoms with Crippen LogP contribution in [0.3, 0.4) is 0 Å². The van der Waals surface area contributed by atoms with Crippen LogP contribution in [0.15, 0.2) is 314 Å². The number of benzene rings is 14. The molecular weight excluding hydrogens is 991 g/mol. The van der Waals surface area contributed by atoms with E-state index in [9.17, 15) is 0 Å². The predicted molar refractivity (Wildman–Crippen MR) is 341 cm³/mol. The zero-order valence-electron chi connectivity index (χ0n) is 44.8. The Hall–Kier alpha value is -10.5. The van der Waals surface area contributed by atoms with Gasteiger partial charge in [0.05, 0.1) is 10.8 Å². The van der Waals surface area contributed by atoms with E-state index in [2.05, 4.69) is 314 Å². The molecule has 0 spiro atoms. The van der Waals surface area contributed by atoms with Crippen molar-refractivity contribution in [2.45, 2.75) is 10.8 Å². The minimum atomic E-state index is -0.572. The molecule has 0 amide bonds. The first-order chi connectivity index (χ1) is 40.7. The Balaban J connectivity index is 0.890. The fourth-order valence-electron chi connectivity index (χ4n) is 14.8. The van der Waals surface area contributed by atoms with Crippen molar-refractivity contribution in [3.63, 3.8) is 0 Å². The second-order valence-electron chi connectivity index (χ2n) is 22.2. The molecule has 0 N–H and O–H groups in total. The maximum atomic E-state index is 6.48. The fourth-order valence-corrected chi connectivity index (χ4v) is 14.8. The Labute approximate surface area is 476 Å². The lowest BCUT2D eigenvalue weighted by atomic mass is 9.67. The van der Waals surface area contributed by atoms with Gasteiger partial charge in [0.15, 0.2) is 0 Å². The highest BCUT2D eigenvalue weighted by Crippen LogP contribution is 2.60. The smallest absolute Gasteiger partial charge is 0.136 e. The number of furan rings is 1. The number of rotatable bonds is 8. The van der Waals surface area contributed by atoms with E-state index in [1.807, 2.05) is 0 Å². The quantitative estimate of drug-likeness (QED) is 0.141. The van der Waals surface area contributed by atoms with Gasteiger partial charge in [-0.25, -0.2) is 0 Å². The van der Waals surface area contributed by atoms with Crippen LogP contribution in [0.1, 0.15) is 44.5 Å². The molecule has 0 saturated carbocycles. The average molecular weight is 1040 g/mol. The van der Waals surface area contributed by atoms with E-state index in [1.165, 1.54) is 104 Å². The molecule has 82 heavy (non-hydrogen) atoms. The first-order valence-electron chi connectivity index (χ1n) is 28.5. The zero-order chi connectivity index (χ0) is 53.9. The Morgan fingerprint density at radius 1 is 0.232 bits per heavy atom. The monoisotopic (exact) mass is 1040 g/mol. The maximum Gasteiger partial charge on any atom is 0.136 e. The van der Waals surface area contributed by atoms with Gasteiger partial charge in [-0.1, -0.05) is 249 Å². The molecule has 2 heteroatoms. The Morgan fingerprint density at radius 3 is 1.18 bits per heavy atom. The highest BCUT2D eigenvalue weighted by molar-refractivity contribution is 6.34. The molecule has 2 aliphatic rings. The molecule has 17 rings (SSSR count). The fraction of sp³-hybridized carbons (Fsp3) is 0.0250. The largest absolute Gasteiger partial charge is 0.456 e. The van der Waals surface area contributed by atoms with Crippen molar-refractivity contribution in [2.75, 3.05) is 4.90 Å². The number of nitrogens with zero attached hydrogens (tertiary/aromatic N) is 1. The SMILES string of the molecule is c1ccc(C2(c3ccccc3)c3ccccc3-c3ccc(N(c4ccc(-c5ccc6c7ccccc7c7c(ccc8oc9ccccc9c87)c6c5)cc4)c4ccc5c(c4)C(c4ccccc4)(c4ccccc4)c4ccccc4-5)cc32)cc1. The molecule has 382 valence electrons. The zero-order valence-corrected chi connectivity index (χ0v) is 44.8. The summed E-state index contributed by atoms with van der Waals surface area (Å²) in [6.07, 6.45) is 0. The van der Waals surface area contributed by atoms with Crippen LogP contribution in [-0.2, 0) is 10.8 Å². The molecule has 0 fully saturated rings. The molecule has 0 unspecified atom stereocenters. The lowest BCUT2D eigenvalue weighted by Crippen LogP contribution is -2.29. The molecule has 0 radical (unpaired) electrons. The molecule has 1 aromatic heterocycles. The van der Waals surface area contributed by atoms with Crippen LogP contribution in [0, 0.1) is 0 Å². The second kappa shape index (κ2) is 18.0. The summed E-state index contributed by atoms with van der Waals surface area (Å²) in [7, 11) is 0. The van der Waals surface area contributed by atoms with Crippen LogP contribution in [0.5, 0.6) is 0 Å². The number of para-hydroxylation sites is 1. The van der Waals surface area contributed by atoms with Crippen molar-refractivity contribution < 1.29 is 4.42 Å². The minimum absolute atomic E-state index is 0.572. The Morgan fingerprint density at radius 2 is 0.634 bits per heavy atom. The van der Waals surface area contributed by atoms with Gasteiger partial charge in [0.25, 0.3) is 0 Å². The van der Waals surface area contributed by atoms with Gasteiger partial charge in [-0.15, -0.1) is 0 Å². The second-order valence-corrected chi connectivity index (χ2v) is 22.2. The molecule has 0 aliphatic heterocycles. The summed E-state index contributed by atoms with van der Waals surface area (Å²) < 4.78 is 6.48. The Kier molecular flexibility index (Phi) is 10.2. The molecular formula is C80H51NO. The normalized spacial score (nSPS) is 13.6. The van der Waals surface area contributed by atoms with Crippen molar-refractivity contribution >= 4 is 71.3 Å². The van der Waals surface area contributed by atoms with E-state index in [-0.39, 0.29) is 0 Å². The van der Waals surface area contributed by atoms with Gasteiger partial charge in [-0.05, 0) is 165 Å². The third-order valence-electron chi connectivity index (χ3n) is 18.2. The summed E-state index contributed by atoms with van der Waals surface area (Å²) in [6, 6.07) is 115. The molecule has 0 bridgehead atoms. The van der Waals surface area contributed by atoms with Crippen LogP contribution in [0.4, 0.5) is 17.1 Å². The summed E-state index contributed by atoms with van der Waals surface area (Å²) in [4.78, 5) is 2.50. The van der Waals surface area contributed by atoms with Gasteiger partial charge in [-0.3, -0.25) is 0 Å². The van der Waals surface area contributed by atoms with E-state index in [0.717, 1.165) is 44.7 Å². The van der Waals surface area contributed by atoms with Crippen LogP contribution in [-0.4, -0.2) is 0 Å². The van der Waals surface area contributed by atoms with Gasteiger partial charge < -0.3 is 9.32 Å². The Bertz CT molecular complexity index is 4760. The number of anilines is 3. The summed E-state index contributed by atoms with van der Waals surface area (Å²) in [5.74, 6) is 0. The number of fused-ring (bicyclic) bond motifs is 16. The van der Waals surface area contributed by atoms with Crippen LogP contribution in [0.25, 0.3) is 87.6 Å². The lowest BCUT2D eigenvalue weighted by molar-refractivity contribution is 0.669. The highest BCUT2D eigenvalue weighted by Gasteiger charge is 2.48. The maximum absolute atomic E-state index is 6.48. The van der Waals surface area contributed by atoms with Crippen molar-refractivity contribution in [3.8, 4) is 33.4 Å². The molecule has 0 saturated heterocycles. The first-order valence-corrected chi connectivity index (χ1v) is 28.5. The standard InChI is InChI=1S/C80H51NO/c1-5-21-54(22-6-1)79(55-23-7-2-8-24-55)71-34-18-15-30-63(71)65-45-42-59(50-73(65)79)81(60-43-46-66-64-31-16-19-35-72(64)80(74(66)51-60,56-25-9-3-10-26-56)57-27-11-4-12-28-57)58-40-37-52(38-41-58)53-39-44-62-61-29-13-14-32-67(61)77-68(70(62)49-53)47-48-76-78(77)69-33-17-20-36-75(69)82-76/h1-51H. The minimum Gasteiger partial charge on any atom is -0.456 e. The van der Waals surface area contributed by atoms with Crippen molar-refractivity contribution in [1.29, 1.82) is 0 Å². The van der Waals surface area contributed by atoms with Crippen molar-refractivity contribution in [3.05, 3.63) is 354 Å². The molecule has 0 atom stereocenters. The average Bonchev–Trinajstić information content (AvgIpc) is 2.31. The van der Waals surface area contributed by atoms with E-state index in [4.69, 9.17) is 4.42 Å². The number of hydrogen-bond donors (Lipinski definition) is 0. The predicted octanol–water partition coefficient (Wildman–Crippen LogP) is 20.9. The van der Waals surface area contributed by atoms with Gasteiger partial charge in [0.1, 0.15) is 11.2 Å². The molecule has 2 nitrogen and oxygen atoms in total. The van der Waals surface area contributed by atoms with E-state index in [1.54, 1.807) is 0 Å². The van der Waals surface area contributed by atoms with Crippen molar-refractivity contribution in [2.24, 2.45) is 0 Å². The van der Waals surface area contributed by atoms with Crippen LogP contribution >= 0.6 is 0 Å². The topological polar surface area (TPSA) is 16.4 Å². The third-order valence-corrected chi connectivity index (χ3v) is 18.2. The van der Waals surface area contributed by atoms with E-state index < -0.39 is 10.8 Å². The summed E-state index contributed by atoms with van der Waals surface area (Å²) in [6.45, 7) is 0. The molecule has 14 aromatic carbocycles. The van der Waals surface area contributed by atoms with E-state index in [0.29, 0.717) is 0 Å². The first kappa shape index (κ1) is 46.4. The third kappa shape index (κ3) is 6.52. The number of hydrogen-bond acceptors (Lipinski definition) is 2. The molecule has 2 aliphatic carbocycles. The van der Waals surface area contributed by atoms with Gasteiger partial charge >= 0.3 is 0 Å². The summed E-state index contributed by atoms with van der Waals surface area (Å²) in [5.41, 5.74) is 21.3. The lowest BCUT2D eigenvalue weighted by Gasteiger charge is -2.36. The van der Waals surface area contributed by atoms with Gasteiger partial charge in [0.2, 0.25) is 0 Å². The molecule has 15 aromatic rings.